The Hall–Kier alpha value is -2.76. The van der Waals surface area contributed by atoms with Crippen molar-refractivity contribution in [2.45, 2.75) is 13.5 Å². The highest BCUT2D eigenvalue weighted by Crippen LogP contribution is 2.34. The maximum atomic E-state index is 11.2. The molecule has 0 aliphatic rings. The second-order valence-corrected chi connectivity index (χ2v) is 4.44. The third-order valence-electron chi connectivity index (χ3n) is 2.94. The second-order valence-electron chi connectivity index (χ2n) is 4.44. The number of nitrogens with two attached hydrogens (primary N) is 1. The van der Waals surface area contributed by atoms with Gasteiger partial charge in [-0.1, -0.05) is 18.2 Å². The van der Waals surface area contributed by atoms with Gasteiger partial charge in [0.25, 0.3) is 0 Å². The van der Waals surface area contributed by atoms with Gasteiger partial charge in [0.1, 0.15) is 5.69 Å². The number of nitro groups is 1. The van der Waals surface area contributed by atoms with Gasteiger partial charge in [-0.3, -0.25) is 10.1 Å². The van der Waals surface area contributed by atoms with Crippen LogP contribution in [0.4, 0.5) is 17.1 Å². The lowest BCUT2D eigenvalue weighted by molar-refractivity contribution is -0.384. The second kappa shape index (κ2) is 6.60. The third kappa shape index (κ3) is 3.62. The smallest absolute Gasteiger partial charge is 0.333 e. The zero-order valence-corrected chi connectivity index (χ0v) is 11.7. The van der Waals surface area contributed by atoms with Crippen molar-refractivity contribution in [3.63, 3.8) is 0 Å². The number of nitrogens with zero attached hydrogens (tertiary/aromatic N) is 1. The average molecular weight is 287 g/mol. The standard InChI is InChI=1S/C15H17N3O3/c1-2-21-14-5-3-4-13(15(14)18(19)20)17-10-11-6-8-12(16)9-7-11/h3-9,17H,2,10,16H2,1H3. The first-order chi connectivity index (χ1) is 10.1. The molecule has 0 saturated heterocycles. The van der Waals surface area contributed by atoms with Crippen LogP contribution in [0.1, 0.15) is 12.5 Å². The summed E-state index contributed by atoms with van der Waals surface area (Å²) in [6, 6.07) is 12.3. The fraction of sp³-hybridized carbons (Fsp3) is 0.200. The number of para-hydroxylation sites is 1. The van der Waals surface area contributed by atoms with Crippen LogP contribution in [0.25, 0.3) is 0 Å². The number of anilines is 2. The highest BCUT2D eigenvalue weighted by molar-refractivity contribution is 5.68. The fourth-order valence-electron chi connectivity index (χ4n) is 1.96. The molecule has 0 saturated carbocycles. The van der Waals surface area contributed by atoms with E-state index in [0.29, 0.717) is 24.5 Å². The Morgan fingerprint density at radius 2 is 1.95 bits per heavy atom. The zero-order chi connectivity index (χ0) is 15.2. The van der Waals surface area contributed by atoms with Crippen molar-refractivity contribution in [1.29, 1.82) is 0 Å². The van der Waals surface area contributed by atoms with Gasteiger partial charge < -0.3 is 15.8 Å². The van der Waals surface area contributed by atoms with Crippen LogP contribution in [-0.2, 0) is 6.54 Å². The molecule has 0 amide bonds. The molecule has 2 rings (SSSR count). The van der Waals surface area contributed by atoms with Crippen molar-refractivity contribution in [3.8, 4) is 5.75 Å². The van der Waals surface area contributed by atoms with Gasteiger partial charge in [-0.15, -0.1) is 0 Å². The Bertz CT molecular complexity index is 627. The van der Waals surface area contributed by atoms with Gasteiger partial charge in [-0.25, -0.2) is 0 Å². The number of hydrogen-bond donors (Lipinski definition) is 2. The minimum absolute atomic E-state index is 0.0465. The van der Waals surface area contributed by atoms with Crippen molar-refractivity contribution in [1.82, 2.24) is 0 Å². The SMILES string of the molecule is CCOc1cccc(NCc2ccc(N)cc2)c1[N+](=O)[O-]. The Balaban J connectivity index is 2.21. The molecule has 0 aromatic heterocycles. The molecule has 0 fully saturated rings. The van der Waals surface area contributed by atoms with E-state index in [1.165, 1.54) is 0 Å². The Labute approximate surface area is 122 Å². The summed E-state index contributed by atoms with van der Waals surface area (Å²) >= 11 is 0. The van der Waals surface area contributed by atoms with Gasteiger partial charge in [0, 0.05) is 12.2 Å². The van der Waals surface area contributed by atoms with Gasteiger partial charge in [-0.2, -0.15) is 0 Å². The van der Waals surface area contributed by atoms with Gasteiger partial charge >= 0.3 is 5.69 Å². The summed E-state index contributed by atoms with van der Waals surface area (Å²) in [5.41, 5.74) is 7.68. The van der Waals surface area contributed by atoms with Crippen molar-refractivity contribution >= 4 is 17.1 Å². The molecule has 2 aromatic rings. The third-order valence-corrected chi connectivity index (χ3v) is 2.94. The highest BCUT2D eigenvalue weighted by atomic mass is 16.6. The van der Waals surface area contributed by atoms with Gasteiger partial charge in [0.2, 0.25) is 0 Å². The number of rotatable bonds is 6. The van der Waals surface area contributed by atoms with Crippen molar-refractivity contribution in [2.24, 2.45) is 0 Å². The largest absolute Gasteiger partial charge is 0.487 e. The molecule has 0 aliphatic carbocycles. The summed E-state index contributed by atoms with van der Waals surface area (Å²) in [6.45, 7) is 2.64. The topological polar surface area (TPSA) is 90.4 Å². The lowest BCUT2D eigenvalue weighted by Crippen LogP contribution is -2.05. The zero-order valence-electron chi connectivity index (χ0n) is 11.7. The normalized spacial score (nSPS) is 10.1. The molecular formula is C15H17N3O3. The number of nitro benzene ring substituents is 1. The lowest BCUT2D eigenvalue weighted by Gasteiger charge is -2.10. The van der Waals surface area contributed by atoms with Crippen LogP contribution in [0.3, 0.4) is 0 Å². The van der Waals surface area contributed by atoms with Gasteiger partial charge in [0.05, 0.1) is 11.5 Å². The van der Waals surface area contributed by atoms with Crippen LogP contribution < -0.4 is 15.8 Å². The minimum Gasteiger partial charge on any atom is -0.487 e. The van der Waals surface area contributed by atoms with E-state index in [1.54, 1.807) is 37.3 Å². The monoisotopic (exact) mass is 287 g/mol. The Morgan fingerprint density at radius 3 is 2.57 bits per heavy atom. The van der Waals surface area contributed by atoms with E-state index in [0.717, 1.165) is 5.56 Å². The van der Waals surface area contributed by atoms with E-state index in [9.17, 15) is 10.1 Å². The molecule has 0 unspecified atom stereocenters. The number of benzene rings is 2. The van der Waals surface area contributed by atoms with Crippen LogP contribution in [-0.4, -0.2) is 11.5 Å². The molecule has 3 N–H and O–H groups in total. The highest BCUT2D eigenvalue weighted by Gasteiger charge is 2.20. The van der Waals surface area contributed by atoms with Crippen LogP contribution in [0.2, 0.25) is 0 Å². The maximum absolute atomic E-state index is 11.2. The van der Waals surface area contributed by atoms with Crippen LogP contribution in [0.15, 0.2) is 42.5 Å². The number of nitrogens with one attached hydrogen (secondary N) is 1. The molecule has 6 nitrogen and oxygen atoms in total. The van der Waals surface area contributed by atoms with E-state index in [1.807, 2.05) is 12.1 Å². The average Bonchev–Trinajstić information content (AvgIpc) is 2.47. The molecule has 2 aromatic carbocycles. The summed E-state index contributed by atoms with van der Waals surface area (Å²) < 4.78 is 5.31. The van der Waals surface area contributed by atoms with Crippen molar-refractivity contribution in [3.05, 3.63) is 58.1 Å². The van der Waals surface area contributed by atoms with E-state index in [4.69, 9.17) is 10.5 Å². The molecule has 6 heteroatoms. The van der Waals surface area contributed by atoms with E-state index >= 15 is 0 Å². The summed E-state index contributed by atoms with van der Waals surface area (Å²) in [5, 5.41) is 14.3. The molecular weight excluding hydrogens is 270 g/mol. The molecule has 0 aliphatic heterocycles. The molecule has 0 atom stereocenters. The van der Waals surface area contributed by atoms with E-state index in [2.05, 4.69) is 5.32 Å². The quantitative estimate of drug-likeness (QED) is 0.483. The van der Waals surface area contributed by atoms with E-state index in [-0.39, 0.29) is 11.4 Å². The molecule has 0 bridgehead atoms. The molecule has 0 heterocycles. The molecule has 0 radical (unpaired) electrons. The summed E-state index contributed by atoms with van der Waals surface area (Å²) in [7, 11) is 0. The van der Waals surface area contributed by atoms with Crippen molar-refractivity contribution < 1.29 is 9.66 Å². The Kier molecular flexibility index (Phi) is 4.61. The first-order valence-electron chi connectivity index (χ1n) is 6.60. The number of ether oxygens (including phenoxy) is 1. The molecule has 0 spiro atoms. The first kappa shape index (κ1) is 14.6. The fourth-order valence-corrected chi connectivity index (χ4v) is 1.96. The molecule has 21 heavy (non-hydrogen) atoms. The number of nitrogen functional groups attached to an aromatic ring is 1. The predicted molar refractivity (Wildman–Crippen MR) is 82.4 cm³/mol. The number of hydrogen-bond acceptors (Lipinski definition) is 5. The lowest BCUT2D eigenvalue weighted by atomic mass is 10.2. The molecule has 110 valence electrons. The van der Waals surface area contributed by atoms with Crippen LogP contribution in [0, 0.1) is 10.1 Å². The summed E-state index contributed by atoms with van der Waals surface area (Å²) in [4.78, 5) is 10.8. The predicted octanol–water partition coefficient (Wildman–Crippen LogP) is 3.19. The Morgan fingerprint density at radius 1 is 1.24 bits per heavy atom. The first-order valence-corrected chi connectivity index (χ1v) is 6.60. The van der Waals surface area contributed by atoms with Gasteiger partial charge in [-0.05, 0) is 36.8 Å². The minimum atomic E-state index is -0.434. The maximum Gasteiger partial charge on any atom is 0.333 e. The van der Waals surface area contributed by atoms with Crippen LogP contribution >= 0.6 is 0 Å². The summed E-state index contributed by atoms with van der Waals surface area (Å²) in [6.07, 6.45) is 0. The van der Waals surface area contributed by atoms with Gasteiger partial charge in [0.15, 0.2) is 5.75 Å². The van der Waals surface area contributed by atoms with E-state index < -0.39 is 4.92 Å². The summed E-state index contributed by atoms with van der Waals surface area (Å²) in [5.74, 6) is 0.268. The van der Waals surface area contributed by atoms with Crippen molar-refractivity contribution in [2.75, 3.05) is 17.7 Å². The van der Waals surface area contributed by atoms with Crippen LogP contribution in [0.5, 0.6) is 5.75 Å².